The molecule has 0 aliphatic heterocycles. The van der Waals surface area contributed by atoms with Gasteiger partial charge in [0.05, 0.1) is 5.69 Å². The average Bonchev–Trinajstić information content (AvgIpc) is 3.35. The third kappa shape index (κ3) is 4.74. The van der Waals surface area contributed by atoms with Gasteiger partial charge in [-0.1, -0.05) is 35.5 Å². The molecular weight excluding hydrogens is 398 g/mol. The summed E-state index contributed by atoms with van der Waals surface area (Å²) in [5.41, 5.74) is 2.78. The minimum Gasteiger partial charge on any atom is -0.484 e. The first-order valence-electron chi connectivity index (χ1n) is 8.51. The number of hydrogen-bond donors (Lipinski definition) is 0. The second-order valence-electron chi connectivity index (χ2n) is 6.01. The van der Waals surface area contributed by atoms with E-state index >= 15 is 0 Å². The molecule has 0 aliphatic rings. The molecule has 0 N–H and O–H groups in total. The monoisotopic (exact) mass is 413 g/mol. The van der Waals surface area contributed by atoms with Crippen LogP contribution in [-0.4, -0.2) is 15.2 Å². The summed E-state index contributed by atoms with van der Waals surface area (Å²) >= 11 is 7.29. The third-order valence-electron chi connectivity index (χ3n) is 3.79. The van der Waals surface area contributed by atoms with Crippen LogP contribution in [0.5, 0.6) is 5.75 Å². The summed E-state index contributed by atoms with van der Waals surface area (Å²) in [5, 5.41) is 9.17. The summed E-state index contributed by atoms with van der Waals surface area (Å²) < 4.78 is 16.8. The molecule has 6 nitrogen and oxygen atoms in total. The Morgan fingerprint density at radius 1 is 1.11 bits per heavy atom. The lowest BCUT2D eigenvalue weighted by molar-refractivity contribution is 0.252. The lowest BCUT2D eigenvalue weighted by Gasteiger charge is -2.03. The van der Waals surface area contributed by atoms with Crippen LogP contribution >= 0.6 is 23.4 Å². The normalized spacial score (nSPS) is 10.9. The molecule has 0 fully saturated rings. The molecule has 8 heteroatoms. The van der Waals surface area contributed by atoms with E-state index in [2.05, 4.69) is 15.2 Å². The van der Waals surface area contributed by atoms with Gasteiger partial charge in [-0.2, -0.15) is 0 Å². The van der Waals surface area contributed by atoms with E-state index in [4.69, 9.17) is 25.2 Å². The molecule has 0 unspecified atom stereocenters. The van der Waals surface area contributed by atoms with Crippen LogP contribution in [0.3, 0.4) is 0 Å². The minimum absolute atomic E-state index is 0.224. The number of rotatable bonds is 7. The first-order chi connectivity index (χ1) is 13.7. The van der Waals surface area contributed by atoms with Gasteiger partial charge < -0.3 is 13.6 Å². The van der Waals surface area contributed by atoms with E-state index in [1.807, 2.05) is 43.3 Å². The second-order valence-corrected chi connectivity index (χ2v) is 7.37. The predicted octanol–water partition coefficient (Wildman–Crippen LogP) is 5.56. The van der Waals surface area contributed by atoms with E-state index in [0.29, 0.717) is 27.8 Å². The molecule has 0 amide bonds. The van der Waals surface area contributed by atoms with Crippen molar-refractivity contribution in [2.24, 2.45) is 0 Å². The van der Waals surface area contributed by atoms with Gasteiger partial charge in [0.1, 0.15) is 12.0 Å². The van der Waals surface area contributed by atoms with Crippen molar-refractivity contribution in [3.05, 3.63) is 77.0 Å². The number of benzene rings is 2. The van der Waals surface area contributed by atoms with Gasteiger partial charge >= 0.3 is 0 Å². The Kier molecular flexibility index (Phi) is 5.64. The zero-order valence-corrected chi connectivity index (χ0v) is 16.5. The molecule has 142 valence electrons. The van der Waals surface area contributed by atoms with Crippen molar-refractivity contribution in [1.29, 1.82) is 0 Å². The van der Waals surface area contributed by atoms with Crippen LogP contribution in [0.4, 0.5) is 0 Å². The third-order valence-corrected chi connectivity index (χ3v) is 4.89. The largest absolute Gasteiger partial charge is 0.484 e. The maximum absolute atomic E-state index is 5.90. The van der Waals surface area contributed by atoms with Gasteiger partial charge in [0.25, 0.3) is 11.1 Å². The van der Waals surface area contributed by atoms with Crippen LogP contribution < -0.4 is 4.74 Å². The van der Waals surface area contributed by atoms with Crippen LogP contribution in [0.2, 0.25) is 5.02 Å². The Balaban J connectivity index is 1.31. The van der Waals surface area contributed by atoms with Gasteiger partial charge in [-0.25, -0.2) is 4.98 Å². The molecule has 2 aromatic carbocycles. The van der Waals surface area contributed by atoms with Gasteiger partial charge in [0, 0.05) is 16.3 Å². The Bertz CT molecular complexity index is 1060. The quantitative estimate of drug-likeness (QED) is 0.367. The maximum Gasteiger partial charge on any atom is 0.277 e. The zero-order chi connectivity index (χ0) is 19.3. The van der Waals surface area contributed by atoms with Crippen LogP contribution in [0.15, 0.2) is 68.9 Å². The fourth-order valence-corrected chi connectivity index (χ4v) is 3.22. The van der Waals surface area contributed by atoms with Crippen molar-refractivity contribution in [3.63, 3.8) is 0 Å². The summed E-state index contributed by atoms with van der Waals surface area (Å²) in [6, 6.07) is 15.1. The lowest BCUT2D eigenvalue weighted by atomic mass is 10.2. The topological polar surface area (TPSA) is 74.2 Å². The SMILES string of the molecule is Cc1cccc(OCc2nnc(SCc3coc(-c4ccc(Cl)cc4)n3)o2)c1. The molecule has 0 bridgehead atoms. The van der Waals surface area contributed by atoms with E-state index in [1.54, 1.807) is 18.4 Å². The van der Waals surface area contributed by atoms with Gasteiger partial charge in [0.2, 0.25) is 5.89 Å². The Labute approximate surface area is 170 Å². The van der Waals surface area contributed by atoms with Crippen molar-refractivity contribution in [2.45, 2.75) is 24.5 Å². The fraction of sp³-hybridized carbons (Fsp3) is 0.150. The molecule has 0 atom stereocenters. The van der Waals surface area contributed by atoms with Crippen molar-refractivity contribution in [3.8, 4) is 17.2 Å². The molecule has 0 aliphatic carbocycles. The highest BCUT2D eigenvalue weighted by Gasteiger charge is 2.11. The van der Waals surface area contributed by atoms with Crippen LogP contribution in [0.1, 0.15) is 17.1 Å². The molecule has 28 heavy (non-hydrogen) atoms. The lowest BCUT2D eigenvalue weighted by Crippen LogP contribution is -1.95. The van der Waals surface area contributed by atoms with Crippen LogP contribution in [0.25, 0.3) is 11.5 Å². The first kappa shape index (κ1) is 18.6. The highest BCUT2D eigenvalue weighted by Crippen LogP contribution is 2.25. The van der Waals surface area contributed by atoms with E-state index < -0.39 is 0 Å². The molecule has 4 rings (SSSR count). The number of halogens is 1. The molecule has 2 heterocycles. The van der Waals surface area contributed by atoms with E-state index in [1.165, 1.54) is 11.8 Å². The summed E-state index contributed by atoms with van der Waals surface area (Å²) in [6.45, 7) is 2.23. The minimum atomic E-state index is 0.224. The fourth-order valence-electron chi connectivity index (χ4n) is 2.44. The van der Waals surface area contributed by atoms with Crippen molar-refractivity contribution in [1.82, 2.24) is 15.2 Å². The molecule has 0 spiro atoms. The number of thioether (sulfide) groups is 1. The number of aromatic nitrogens is 3. The Morgan fingerprint density at radius 2 is 1.96 bits per heavy atom. The van der Waals surface area contributed by atoms with E-state index in [0.717, 1.165) is 22.6 Å². The van der Waals surface area contributed by atoms with Gasteiger partial charge in [-0.3, -0.25) is 0 Å². The van der Waals surface area contributed by atoms with Crippen molar-refractivity contribution >= 4 is 23.4 Å². The second kappa shape index (κ2) is 8.50. The summed E-state index contributed by atoms with van der Waals surface area (Å²) in [4.78, 5) is 4.47. The Morgan fingerprint density at radius 3 is 2.79 bits per heavy atom. The zero-order valence-electron chi connectivity index (χ0n) is 15.0. The van der Waals surface area contributed by atoms with E-state index in [9.17, 15) is 0 Å². The Hall–Kier alpha value is -2.77. The molecule has 2 aromatic heterocycles. The number of nitrogens with zero attached hydrogens (tertiary/aromatic N) is 3. The van der Waals surface area contributed by atoms with Gasteiger partial charge in [-0.15, -0.1) is 10.2 Å². The number of ether oxygens (including phenoxy) is 1. The summed E-state index contributed by atoms with van der Waals surface area (Å²) in [7, 11) is 0. The number of hydrogen-bond acceptors (Lipinski definition) is 7. The van der Waals surface area contributed by atoms with E-state index in [-0.39, 0.29) is 6.61 Å². The number of aryl methyl sites for hydroxylation is 1. The predicted molar refractivity (Wildman–Crippen MR) is 106 cm³/mol. The molecule has 4 aromatic rings. The van der Waals surface area contributed by atoms with Gasteiger partial charge in [0.15, 0.2) is 6.61 Å². The molecule has 0 radical (unpaired) electrons. The maximum atomic E-state index is 5.90. The smallest absolute Gasteiger partial charge is 0.277 e. The first-order valence-corrected chi connectivity index (χ1v) is 9.87. The highest BCUT2D eigenvalue weighted by atomic mass is 35.5. The number of oxazole rings is 1. The molecular formula is C20H16ClN3O3S. The summed E-state index contributed by atoms with van der Waals surface area (Å²) in [5.74, 6) is 2.29. The van der Waals surface area contributed by atoms with Crippen LogP contribution in [0, 0.1) is 6.92 Å². The average molecular weight is 414 g/mol. The molecule has 0 saturated heterocycles. The van der Waals surface area contributed by atoms with Crippen LogP contribution in [-0.2, 0) is 12.4 Å². The van der Waals surface area contributed by atoms with Crippen molar-refractivity contribution in [2.75, 3.05) is 0 Å². The summed E-state index contributed by atoms with van der Waals surface area (Å²) in [6.07, 6.45) is 1.62. The van der Waals surface area contributed by atoms with Crippen molar-refractivity contribution < 1.29 is 13.6 Å². The van der Waals surface area contributed by atoms with Gasteiger partial charge in [-0.05, 0) is 48.9 Å². The standard InChI is InChI=1S/C20H16ClN3O3S/c1-13-3-2-4-17(9-13)25-11-18-23-24-20(27-18)28-12-16-10-26-19(22-16)14-5-7-15(21)8-6-14/h2-10H,11-12H2,1H3. The highest BCUT2D eigenvalue weighted by molar-refractivity contribution is 7.98. The molecule has 0 saturated carbocycles.